The SMILES string of the molecule is O=C(O)c1csc(CNC(=O)c2cc(Cl)ccc2O)n1. The maximum Gasteiger partial charge on any atom is 0.355 e. The third kappa shape index (κ3) is 3.25. The highest BCUT2D eigenvalue weighted by Crippen LogP contribution is 2.21. The van der Waals surface area contributed by atoms with Crippen LogP contribution < -0.4 is 5.32 Å². The quantitative estimate of drug-likeness (QED) is 0.803. The van der Waals surface area contributed by atoms with Crippen molar-refractivity contribution in [3.63, 3.8) is 0 Å². The van der Waals surface area contributed by atoms with Gasteiger partial charge < -0.3 is 15.5 Å². The minimum absolute atomic E-state index is 0.0486. The maximum absolute atomic E-state index is 11.9. The summed E-state index contributed by atoms with van der Waals surface area (Å²) in [7, 11) is 0. The third-order valence-corrected chi connectivity index (χ3v) is 3.46. The zero-order valence-electron chi connectivity index (χ0n) is 9.96. The zero-order chi connectivity index (χ0) is 14.7. The number of carboxylic acids is 1. The molecule has 0 spiro atoms. The van der Waals surface area contributed by atoms with E-state index in [0.717, 1.165) is 11.3 Å². The number of hydrogen-bond acceptors (Lipinski definition) is 5. The van der Waals surface area contributed by atoms with Crippen LogP contribution in [0.1, 0.15) is 25.9 Å². The van der Waals surface area contributed by atoms with Crippen LogP contribution in [-0.4, -0.2) is 27.1 Å². The molecule has 1 amide bonds. The van der Waals surface area contributed by atoms with E-state index < -0.39 is 11.9 Å². The first-order chi connectivity index (χ1) is 9.47. The van der Waals surface area contributed by atoms with Crippen LogP contribution >= 0.6 is 22.9 Å². The fourth-order valence-corrected chi connectivity index (χ4v) is 2.31. The van der Waals surface area contributed by atoms with Crippen molar-refractivity contribution in [1.82, 2.24) is 10.3 Å². The highest BCUT2D eigenvalue weighted by molar-refractivity contribution is 7.09. The summed E-state index contributed by atoms with van der Waals surface area (Å²) in [4.78, 5) is 26.4. The lowest BCUT2D eigenvalue weighted by atomic mass is 10.2. The number of carboxylic acid groups (broad SMARTS) is 1. The van der Waals surface area contributed by atoms with Crippen molar-refractivity contribution in [2.75, 3.05) is 0 Å². The van der Waals surface area contributed by atoms with Crippen LogP contribution in [0.25, 0.3) is 0 Å². The Morgan fingerprint density at radius 1 is 1.40 bits per heavy atom. The summed E-state index contributed by atoms with van der Waals surface area (Å²) in [5.41, 5.74) is -0.0163. The molecule has 8 heteroatoms. The number of benzene rings is 1. The topological polar surface area (TPSA) is 99.5 Å². The summed E-state index contributed by atoms with van der Waals surface area (Å²) in [6.07, 6.45) is 0. The molecule has 0 aliphatic rings. The number of phenols is 1. The first-order valence-corrected chi connectivity index (χ1v) is 6.67. The van der Waals surface area contributed by atoms with Crippen LogP contribution in [0, 0.1) is 0 Å². The molecule has 0 saturated carbocycles. The number of carbonyl (C=O) groups excluding carboxylic acids is 1. The average molecular weight is 313 g/mol. The van der Waals surface area contributed by atoms with Crippen LogP contribution in [0.4, 0.5) is 0 Å². The molecule has 0 atom stereocenters. The van der Waals surface area contributed by atoms with Gasteiger partial charge >= 0.3 is 5.97 Å². The molecular weight excluding hydrogens is 304 g/mol. The van der Waals surface area contributed by atoms with Crippen LogP contribution in [0.3, 0.4) is 0 Å². The summed E-state index contributed by atoms with van der Waals surface area (Å²) in [6, 6.07) is 4.13. The number of aromatic hydroxyl groups is 1. The molecule has 20 heavy (non-hydrogen) atoms. The number of halogens is 1. The second-order valence-corrected chi connectivity index (χ2v) is 5.15. The third-order valence-electron chi connectivity index (χ3n) is 2.37. The predicted molar refractivity (Wildman–Crippen MR) is 73.4 cm³/mol. The fraction of sp³-hybridized carbons (Fsp3) is 0.0833. The summed E-state index contributed by atoms with van der Waals surface area (Å²) in [6.45, 7) is 0.0722. The monoisotopic (exact) mass is 312 g/mol. The Bertz CT molecular complexity index is 671. The molecule has 2 aromatic rings. The molecule has 1 heterocycles. The largest absolute Gasteiger partial charge is 0.507 e. The number of thiazole rings is 1. The molecular formula is C12H9ClN2O4S. The van der Waals surface area contributed by atoms with E-state index in [1.807, 2.05) is 0 Å². The fourth-order valence-electron chi connectivity index (χ4n) is 1.43. The van der Waals surface area contributed by atoms with Gasteiger partial charge in [-0.15, -0.1) is 11.3 Å². The second kappa shape index (κ2) is 5.89. The molecule has 0 bridgehead atoms. The van der Waals surface area contributed by atoms with Crippen molar-refractivity contribution in [1.29, 1.82) is 0 Å². The number of rotatable bonds is 4. The van der Waals surface area contributed by atoms with Crippen molar-refractivity contribution in [2.45, 2.75) is 6.54 Å². The van der Waals surface area contributed by atoms with E-state index in [-0.39, 0.29) is 23.6 Å². The van der Waals surface area contributed by atoms with Gasteiger partial charge in [0.05, 0.1) is 12.1 Å². The number of nitrogens with zero attached hydrogens (tertiary/aromatic N) is 1. The van der Waals surface area contributed by atoms with Crippen LogP contribution in [-0.2, 0) is 6.54 Å². The van der Waals surface area contributed by atoms with Crippen LogP contribution in [0.2, 0.25) is 5.02 Å². The van der Waals surface area contributed by atoms with Crippen molar-refractivity contribution < 1.29 is 19.8 Å². The molecule has 104 valence electrons. The Hall–Kier alpha value is -2.12. The molecule has 0 fully saturated rings. The van der Waals surface area contributed by atoms with Gasteiger partial charge in [0, 0.05) is 10.4 Å². The summed E-state index contributed by atoms with van der Waals surface area (Å²) in [5, 5.41) is 23.0. The molecule has 0 saturated heterocycles. The minimum atomic E-state index is -1.12. The van der Waals surface area contributed by atoms with Gasteiger partial charge in [0.25, 0.3) is 5.91 Å². The highest BCUT2D eigenvalue weighted by atomic mass is 35.5. The Labute approximate surface area is 122 Å². The van der Waals surface area contributed by atoms with E-state index in [2.05, 4.69) is 10.3 Å². The highest BCUT2D eigenvalue weighted by Gasteiger charge is 2.13. The average Bonchev–Trinajstić information content (AvgIpc) is 2.88. The molecule has 0 radical (unpaired) electrons. The van der Waals surface area contributed by atoms with E-state index >= 15 is 0 Å². The van der Waals surface area contributed by atoms with Crippen molar-refractivity contribution in [3.05, 3.63) is 44.9 Å². The lowest BCUT2D eigenvalue weighted by molar-refractivity contribution is 0.0691. The van der Waals surface area contributed by atoms with Gasteiger partial charge in [0.2, 0.25) is 0 Å². The van der Waals surface area contributed by atoms with Crippen molar-refractivity contribution in [2.24, 2.45) is 0 Å². The molecule has 0 unspecified atom stereocenters. The summed E-state index contributed by atoms with van der Waals surface area (Å²) >= 11 is 6.88. The lowest BCUT2D eigenvalue weighted by Crippen LogP contribution is -2.22. The Balaban J connectivity index is 2.04. The number of amides is 1. The van der Waals surface area contributed by atoms with Gasteiger partial charge in [0.1, 0.15) is 10.8 Å². The number of nitrogens with one attached hydrogen (secondary N) is 1. The number of aromatic nitrogens is 1. The Morgan fingerprint density at radius 3 is 2.80 bits per heavy atom. The van der Waals surface area contributed by atoms with Crippen molar-refractivity contribution >= 4 is 34.8 Å². The van der Waals surface area contributed by atoms with Gasteiger partial charge in [-0.05, 0) is 18.2 Å². The summed E-state index contributed by atoms with van der Waals surface area (Å²) < 4.78 is 0. The van der Waals surface area contributed by atoms with E-state index in [1.54, 1.807) is 0 Å². The number of phenolic OH excluding ortho intramolecular Hbond substituents is 1. The smallest absolute Gasteiger partial charge is 0.355 e. The van der Waals surface area contributed by atoms with Gasteiger partial charge in [-0.1, -0.05) is 11.6 Å². The van der Waals surface area contributed by atoms with Crippen LogP contribution in [0.15, 0.2) is 23.6 Å². The number of hydrogen-bond donors (Lipinski definition) is 3. The van der Waals surface area contributed by atoms with Gasteiger partial charge in [-0.2, -0.15) is 0 Å². The molecule has 6 nitrogen and oxygen atoms in total. The van der Waals surface area contributed by atoms with Crippen LogP contribution in [0.5, 0.6) is 5.75 Å². The number of carbonyl (C=O) groups is 2. The predicted octanol–water partition coefficient (Wildman–Crippen LogP) is 2.13. The van der Waals surface area contributed by atoms with E-state index in [0.29, 0.717) is 10.0 Å². The Kier molecular flexibility index (Phi) is 4.21. The first-order valence-electron chi connectivity index (χ1n) is 5.42. The van der Waals surface area contributed by atoms with E-state index in [9.17, 15) is 14.7 Å². The molecule has 1 aromatic heterocycles. The van der Waals surface area contributed by atoms with Gasteiger partial charge in [-0.3, -0.25) is 4.79 Å². The molecule has 0 aliphatic heterocycles. The van der Waals surface area contributed by atoms with Crippen molar-refractivity contribution in [3.8, 4) is 5.75 Å². The van der Waals surface area contributed by atoms with Gasteiger partial charge in [-0.25, -0.2) is 9.78 Å². The zero-order valence-corrected chi connectivity index (χ0v) is 11.5. The standard InChI is InChI=1S/C12H9ClN2O4S/c13-6-1-2-9(16)7(3-6)11(17)14-4-10-15-8(5-20-10)12(18)19/h1-3,5,16H,4H2,(H,14,17)(H,18,19). The molecule has 1 aromatic carbocycles. The molecule has 2 rings (SSSR count). The number of aromatic carboxylic acids is 1. The van der Waals surface area contributed by atoms with E-state index in [4.69, 9.17) is 16.7 Å². The van der Waals surface area contributed by atoms with E-state index in [1.165, 1.54) is 23.6 Å². The Morgan fingerprint density at radius 2 is 2.15 bits per heavy atom. The first kappa shape index (κ1) is 14.3. The van der Waals surface area contributed by atoms with Gasteiger partial charge in [0.15, 0.2) is 5.69 Å². The second-order valence-electron chi connectivity index (χ2n) is 3.78. The summed E-state index contributed by atoms with van der Waals surface area (Å²) in [5.74, 6) is -1.82. The normalized spacial score (nSPS) is 10.2. The minimum Gasteiger partial charge on any atom is -0.507 e. The molecule has 3 N–H and O–H groups in total. The molecule has 0 aliphatic carbocycles. The maximum atomic E-state index is 11.9. The lowest BCUT2D eigenvalue weighted by Gasteiger charge is -2.05.